The van der Waals surface area contributed by atoms with Crippen LogP contribution in [0, 0.1) is 5.92 Å². The summed E-state index contributed by atoms with van der Waals surface area (Å²) >= 11 is 1.46. The molecule has 0 bridgehead atoms. The van der Waals surface area contributed by atoms with Gasteiger partial charge >= 0.3 is 0 Å². The van der Waals surface area contributed by atoms with Crippen molar-refractivity contribution in [3.05, 3.63) is 66.2 Å². The van der Waals surface area contributed by atoms with Gasteiger partial charge < -0.3 is 10.3 Å². The van der Waals surface area contributed by atoms with Gasteiger partial charge in [-0.05, 0) is 50.1 Å². The first kappa shape index (κ1) is 24.3. The standard InChI is InChI=1S/C30H25N7O2S/c1-16(38)26-6-7-27(40-26)23-14-32-15-25-21(23)10-24(35-25)28-22-9-19(12-33-29(22)37-36-28)18-8-20(13-31-11-18)34-30(39)17-4-2-3-5-17/h6-15,17,35H,2-5H2,1H3,(H,34,39)(H,33,36,37). The minimum atomic E-state index is 0.0512. The van der Waals surface area contributed by atoms with Gasteiger partial charge in [-0.3, -0.25) is 24.7 Å². The van der Waals surface area contributed by atoms with Gasteiger partial charge in [-0.15, -0.1) is 11.3 Å². The van der Waals surface area contributed by atoms with Crippen LogP contribution in [0.25, 0.3) is 54.9 Å². The van der Waals surface area contributed by atoms with E-state index >= 15 is 0 Å². The SMILES string of the molecule is CC(=O)c1ccc(-c2cncc3[nH]c(-c4[nH]nc5ncc(-c6cncc(NC(=O)C7CCCC7)c6)cc45)cc23)s1. The normalized spacial score (nSPS) is 13.8. The van der Waals surface area contributed by atoms with Crippen molar-refractivity contribution in [1.82, 2.24) is 30.1 Å². The zero-order valence-electron chi connectivity index (χ0n) is 21.7. The molecule has 0 atom stereocenters. The highest BCUT2D eigenvalue weighted by Gasteiger charge is 2.23. The quantitative estimate of drug-likeness (QED) is 0.201. The number of aromatic amines is 2. The van der Waals surface area contributed by atoms with Crippen LogP contribution in [0.15, 0.2) is 61.3 Å². The second-order valence-corrected chi connectivity index (χ2v) is 11.3. The number of pyridine rings is 3. The van der Waals surface area contributed by atoms with E-state index in [1.165, 1.54) is 11.3 Å². The molecular weight excluding hydrogens is 522 g/mol. The molecule has 7 rings (SSSR count). The number of thiophene rings is 1. The molecule has 0 spiro atoms. The number of carbonyl (C=O) groups is 2. The van der Waals surface area contributed by atoms with Crippen molar-refractivity contribution < 1.29 is 9.59 Å². The van der Waals surface area contributed by atoms with Crippen LogP contribution >= 0.6 is 11.3 Å². The lowest BCUT2D eigenvalue weighted by atomic mass is 10.1. The van der Waals surface area contributed by atoms with Gasteiger partial charge in [0, 0.05) is 56.8 Å². The summed E-state index contributed by atoms with van der Waals surface area (Å²) in [7, 11) is 0. The number of anilines is 1. The van der Waals surface area contributed by atoms with Gasteiger partial charge in [0.25, 0.3) is 0 Å². The number of rotatable bonds is 6. The van der Waals surface area contributed by atoms with Crippen LogP contribution in [0.5, 0.6) is 0 Å². The van der Waals surface area contributed by atoms with E-state index in [2.05, 4.69) is 41.5 Å². The Labute approximate surface area is 233 Å². The Hall–Kier alpha value is -4.70. The van der Waals surface area contributed by atoms with E-state index in [0.717, 1.165) is 79.8 Å². The molecule has 0 unspecified atom stereocenters. The zero-order valence-corrected chi connectivity index (χ0v) is 22.5. The molecule has 198 valence electrons. The number of H-pyrrole nitrogens is 2. The number of aromatic nitrogens is 6. The third kappa shape index (κ3) is 4.36. The molecular formula is C30H25N7O2S. The van der Waals surface area contributed by atoms with Gasteiger partial charge in [0.15, 0.2) is 11.4 Å². The molecule has 40 heavy (non-hydrogen) atoms. The highest BCUT2D eigenvalue weighted by Crippen LogP contribution is 2.37. The first-order valence-corrected chi connectivity index (χ1v) is 14.0. The van der Waals surface area contributed by atoms with Crippen LogP contribution in [0.3, 0.4) is 0 Å². The minimum Gasteiger partial charge on any atom is -0.352 e. The molecule has 1 aliphatic carbocycles. The number of nitrogens with one attached hydrogen (secondary N) is 3. The smallest absolute Gasteiger partial charge is 0.227 e. The molecule has 6 aromatic rings. The summed E-state index contributed by atoms with van der Waals surface area (Å²) in [5.41, 5.74) is 6.50. The number of fused-ring (bicyclic) bond motifs is 2. The van der Waals surface area contributed by atoms with Crippen LogP contribution in [0.2, 0.25) is 0 Å². The number of hydrogen-bond donors (Lipinski definition) is 3. The van der Waals surface area contributed by atoms with Gasteiger partial charge in [-0.1, -0.05) is 12.8 Å². The van der Waals surface area contributed by atoms with E-state index in [9.17, 15) is 9.59 Å². The Morgan fingerprint density at radius 3 is 2.60 bits per heavy atom. The lowest BCUT2D eigenvalue weighted by molar-refractivity contribution is -0.119. The fraction of sp³-hybridized carbons (Fsp3) is 0.200. The van der Waals surface area contributed by atoms with E-state index in [-0.39, 0.29) is 17.6 Å². The van der Waals surface area contributed by atoms with Crippen molar-refractivity contribution in [1.29, 1.82) is 0 Å². The topological polar surface area (TPSA) is 129 Å². The highest BCUT2D eigenvalue weighted by molar-refractivity contribution is 7.17. The summed E-state index contributed by atoms with van der Waals surface area (Å²) in [4.78, 5) is 43.0. The molecule has 1 fully saturated rings. The van der Waals surface area contributed by atoms with Crippen molar-refractivity contribution in [2.45, 2.75) is 32.6 Å². The molecule has 6 aromatic heterocycles. The van der Waals surface area contributed by atoms with E-state index in [0.29, 0.717) is 11.3 Å². The molecule has 1 amide bonds. The lowest BCUT2D eigenvalue weighted by Crippen LogP contribution is -2.20. The summed E-state index contributed by atoms with van der Waals surface area (Å²) in [6, 6.07) is 9.85. The summed E-state index contributed by atoms with van der Waals surface area (Å²) in [5.74, 6) is 0.198. The highest BCUT2D eigenvalue weighted by atomic mass is 32.1. The van der Waals surface area contributed by atoms with Gasteiger partial charge in [0.1, 0.15) is 0 Å². The Morgan fingerprint density at radius 1 is 0.950 bits per heavy atom. The molecule has 6 heterocycles. The van der Waals surface area contributed by atoms with Crippen molar-refractivity contribution in [3.63, 3.8) is 0 Å². The third-order valence-corrected chi connectivity index (χ3v) is 8.73. The number of hydrogen-bond acceptors (Lipinski definition) is 7. The average Bonchev–Trinajstić information content (AvgIpc) is 3.78. The molecule has 10 heteroatoms. The molecule has 1 saturated carbocycles. The minimum absolute atomic E-state index is 0.0512. The molecule has 0 saturated heterocycles. The van der Waals surface area contributed by atoms with Crippen LogP contribution < -0.4 is 5.32 Å². The monoisotopic (exact) mass is 547 g/mol. The van der Waals surface area contributed by atoms with Crippen molar-refractivity contribution in [3.8, 4) is 33.0 Å². The average molecular weight is 548 g/mol. The fourth-order valence-electron chi connectivity index (χ4n) is 5.42. The maximum atomic E-state index is 12.6. The number of amides is 1. The van der Waals surface area contributed by atoms with Crippen LogP contribution in [-0.2, 0) is 4.79 Å². The van der Waals surface area contributed by atoms with E-state index in [1.54, 1.807) is 31.7 Å². The summed E-state index contributed by atoms with van der Waals surface area (Å²) in [6.07, 6.45) is 12.9. The summed E-state index contributed by atoms with van der Waals surface area (Å²) in [6.45, 7) is 1.58. The number of ketones is 1. The molecule has 0 aromatic carbocycles. The Morgan fingerprint density at radius 2 is 1.77 bits per heavy atom. The second kappa shape index (κ2) is 9.80. The number of nitrogens with zero attached hydrogens (tertiary/aromatic N) is 4. The van der Waals surface area contributed by atoms with Gasteiger partial charge in [0.2, 0.25) is 5.91 Å². The van der Waals surface area contributed by atoms with Crippen LogP contribution in [0.1, 0.15) is 42.3 Å². The van der Waals surface area contributed by atoms with Gasteiger partial charge in [-0.2, -0.15) is 5.10 Å². The lowest BCUT2D eigenvalue weighted by Gasteiger charge is -2.11. The van der Waals surface area contributed by atoms with Crippen molar-refractivity contribution >= 4 is 50.7 Å². The largest absolute Gasteiger partial charge is 0.352 e. The number of Topliss-reactive ketones (excluding diaryl/α,β-unsaturated/α-hetero) is 1. The maximum absolute atomic E-state index is 12.6. The van der Waals surface area contributed by atoms with Crippen LogP contribution in [-0.4, -0.2) is 41.8 Å². The molecule has 3 N–H and O–H groups in total. The molecule has 1 aliphatic rings. The summed E-state index contributed by atoms with van der Waals surface area (Å²) < 4.78 is 0. The first-order valence-electron chi connectivity index (χ1n) is 13.2. The Bertz CT molecular complexity index is 1910. The molecule has 9 nitrogen and oxygen atoms in total. The van der Waals surface area contributed by atoms with Gasteiger partial charge in [-0.25, -0.2) is 4.98 Å². The van der Waals surface area contributed by atoms with E-state index in [4.69, 9.17) is 0 Å². The predicted octanol–water partition coefficient (Wildman–Crippen LogP) is 6.62. The van der Waals surface area contributed by atoms with Crippen molar-refractivity contribution in [2.24, 2.45) is 5.92 Å². The number of carbonyl (C=O) groups excluding carboxylic acids is 2. The zero-order chi connectivity index (χ0) is 27.2. The van der Waals surface area contributed by atoms with E-state index in [1.807, 2.05) is 30.5 Å². The maximum Gasteiger partial charge on any atom is 0.227 e. The first-order chi connectivity index (χ1) is 19.5. The fourth-order valence-corrected chi connectivity index (χ4v) is 6.34. The van der Waals surface area contributed by atoms with Crippen molar-refractivity contribution in [2.75, 3.05) is 5.32 Å². The second-order valence-electron chi connectivity index (χ2n) is 10.2. The third-order valence-electron chi connectivity index (χ3n) is 7.51. The molecule has 0 radical (unpaired) electrons. The Kier molecular flexibility index (Phi) is 5.96. The predicted molar refractivity (Wildman–Crippen MR) is 156 cm³/mol. The summed E-state index contributed by atoms with van der Waals surface area (Å²) in [5, 5.41) is 12.5. The Balaban J connectivity index is 1.24. The van der Waals surface area contributed by atoms with Gasteiger partial charge in [0.05, 0.1) is 39.9 Å². The van der Waals surface area contributed by atoms with Crippen LogP contribution in [0.4, 0.5) is 5.69 Å². The molecule has 0 aliphatic heterocycles. The van der Waals surface area contributed by atoms with E-state index < -0.39 is 0 Å².